The number of halogens is 2. The van der Waals surface area contributed by atoms with Crippen LogP contribution in [0, 0.1) is 40.8 Å². The fourth-order valence-electron chi connectivity index (χ4n) is 0. The minimum absolute atomic E-state index is 0. The molecule has 0 aromatic carbocycles. The maximum Gasteiger partial charge on any atom is 3.00 e. The molecule has 4 heavy (non-hydrogen) atoms. The zero-order valence-corrected chi connectivity index (χ0v) is 8.10. The van der Waals surface area contributed by atoms with E-state index in [1.165, 1.54) is 0 Å². The van der Waals surface area contributed by atoms with Crippen LogP contribution in [0.1, 0.15) is 0 Å². The van der Waals surface area contributed by atoms with Crippen LogP contribution in [0.2, 0.25) is 0 Å². The van der Waals surface area contributed by atoms with Crippen molar-refractivity contribution in [2.75, 3.05) is 0 Å². The second-order valence-corrected chi connectivity index (χ2v) is 0. The van der Waals surface area contributed by atoms with Gasteiger partial charge >= 0.3 is 63.9 Å². The van der Waals surface area contributed by atoms with Crippen LogP contribution in [-0.2, 0) is 0 Å². The van der Waals surface area contributed by atoms with Gasteiger partial charge in [-0.3, -0.25) is 0 Å². The van der Waals surface area contributed by atoms with Crippen molar-refractivity contribution in [2.24, 2.45) is 0 Å². The quantitative estimate of drug-likeness (QED) is 0.369. The molecular formula is Cl2MgNd+3. The summed E-state index contributed by atoms with van der Waals surface area (Å²) in [6, 6.07) is 0. The van der Waals surface area contributed by atoms with Crippen molar-refractivity contribution < 1.29 is 65.7 Å². The molecule has 0 aromatic heterocycles. The molecule has 0 saturated heterocycles. The van der Waals surface area contributed by atoms with Crippen molar-refractivity contribution in [3.8, 4) is 0 Å². The number of rotatable bonds is 0. The van der Waals surface area contributed by atoms with E-state index in [1.807, 2.05) is 0 Å². The van der Waals surface area contributed by atoms with Crippen LogP contribution in [0.15, 0.2) is 0 Å². The zero-order valence-electron chi connectivity index (χ0n) is 1.96. The number of hydrogen-bond donors (Lipinski definition) is 0. The average molecular weight is 239 g/mol. The first-order valence-corrected chi connectivity index (χ1v) is 0. The van der Waals surface area contributed by atoms with Crippen LogP contribution < -0.4 is 24.8 Å². The van der Waals surface area contributed by atoms with Gasteiger partial charge in [-0.25, -0.2) is 0 Å². The van der Waals surface area contributed by atoms with E-state index < -0.39 is 0 Å². The zero-order chi connectivity index (χ0) is 0. The summed E-state index contributed by atoms with van der Waals surface area (Å²) in [4.78, 5) is 0. The summed E-state index contributed by atoms with van der Waals surface area (Å²) in [6.45, 7) is 0. The Bertz CT molecular complexity index is 6.00. The average Bonchev–Trinajstić information content (AvgIpc) is 0. The molecule has 0 atom stereocenters. The molecule has 0 nitrogen and oxygen atoms in total. The summed E-state index contributed by atoms with van der Waals surface area (Å²) in [5, 5.41) is 0. The summed E-state index contributed by atoms with van der Waals surface area (Å²) in [5.74, 6) is 0. The Hall–Kier alpha value is 2.70. The van der Waals surface area contributed by atoms with Gasteiger partial charge in [0.2, 0.25) is 0 Å². The van der Waals surface area contributed by atoms with E-state index in [0.717, 1.165) is 0 Å². The molecule has 0 aliphatic carbocycles. The second kappa shape index (κ2) is 17.3. The number of hydrogen-bond acceptors (Lipinski definition) is 0. The molecule has 0 bridgehead atoms. The molecule has 0 aliphatic rings. The van der Waals surface area contributed by atoms with E-state index in [1.54, 1.807) is 0 Å². The summed E-state index contributed by atoms with van der Waals surface area (Å²) < 4.78 is 0. The Morgan fingerprint density at radius 3 is 0.750 bits per heavy atom. The first-order chi connectivity index (χ1) is 0. The second-order valence-electron chi connectivity index (χ2n) is 0. The van der Waals surface area contributed by atoms with Gasteiger partial charge in [-0.05, 0) is 0 Å². The van der Waals surface area contributed by atoms with Crippen LogP contribution in [0.3, 0.4) is 0 Å². The third-order valence-electron chi connectivity index (χ3n) is 0. The van der Waals surface area contributed by atoms with Gasteiger partial charge in [0, 0.05) is 0 Å². The van der Waals surface area contributed by atoms with E-state index in [0.29, 0.717) is 0 Å². The summed E-state index contributed by atoms with van der Waals surface area (Å²) >= 11 is 0. The predicted molar refractivity (Wildman–Crippen MR) is 5.75 cm³/mol. The first-order valence-electron chi connectivity index (χ1n) is 0. The standard InChI is InChI=1S/2ClH.Mg.Nd/h2*1H;;/q;;+2;+3/p-2. The summed E-state index contributed by atoms with van der Waals surface area (Å²) in [5.41, 5.74) is 0. The van der Waals surface area contributed by atoms with Crippen molar-refractivity contribution in [3.05, 3.63) is 0 Å². The fourth-order valence-corrected chi connectivity index (χ4v) is 0. The molecule has 0 heterocycles. The largest absolute Gasteiger partial charge is 3.00 e. The van der Waals surface area contributed by atoms with Gasteiger partial charge < -0.3 is 24.8 Å². The van der Waals surface area contributed by atoms with Crippen LogP contribution in [0.5, 0.6) is 0 Å². The monoisotopic (exact) mass is 236 g/mol. The van der Waals surface area contributed by atoms with Gasteiger partial charge in [0.05, 0.1) is 0 Å². The normalized spacial score (nSPS) is 0. The molecule has 0 N–H and O–H groups in total. The Morgan fingerprint density at radius 1 is 0.750 bits per heavy atom. The Kier molecular flexibility index (Phi) is 129. The minimum atomic E-state index is 0. The maximum absolute atomic E-state index is 0. The molecule has 0 unspecified atom stereocenters. The Labute approximate surface area is 87.0 Å². The van der Waals surface area contributed by atoms with Crippen molar-refractivity contribution in [3.63, 3.8) is 0 Å². The minimum Gasteiger partial charge on any atom is -1.00 e. The molecule has 0 aliphatic heterocycles. The van der Waals surface area contributed by atoms with Crippen molar-refractivity contribution in [2.45, 2.75) is 0 Å². The third-order valence-corrected chi connectivity index (χ3v) is 0. The smallest absolute Gasteiger partial charge is 1.00 e. The molecule has 0 saturated carbocycles. The molecule has 0 rings (SSSR count). The Morgan fingerprint density at radius 2 is 0.750 bits per heavy atom. The first kappa shape index (κ1) is 29.9. The van der Waals surface area contributed by atoms with Crippen molar-refractivity contribution in [1.29, 1.82) is 0 Å². The van der Waals surface area contributed by atoms with Gasteiger partial charge in [0.15, 0.2) is 0 Å². The molecule has 1 radical (unpaired) electrons. The van der Waals surface area contributed by atoms with E-state index in [-0.39, 0.29) is 88.7 Å². The van der Waals surface area contributed by atoms with Gasteiger partial charge in [0.25, 0.3) is 0 Å². The third kappa shape index (κ3) is 8.83. The maximum atomic E-state index is 0. The van der Waals surface area contributed by atoms with Crippen LogP contribution in [0.4, 0.5) is 0 Å². The molecule has 0 amide bonds. The topological polar surface area (TPSA) is 0 Å². The van der Waals surface area contributed by atoms with E-state index in [9.17, 15) is 0 Å². The van der Waals surface area contributed by atoms with Crippen molar-refractivity contribution in [1.82, 2.24) is 0 Å². The van der Waals surface area contributed by atoms with Gasteiger partial charge in [-0.2, -0.15) is 0 Å². The van der Waals surface area contributed by atoms with E-state index in [2.05, 4.69) is 0 Å². The van der Waals surface area contributed by atoms with Crippen molar-refractivity contribution >= 4 is 23.1 Å². The molecule has 17 valence electrons. The van der Waals surface area contributed by atoms with Crippen LogP contribution in [-0.4, -0.2) is 23.1 Å². The van der Waals surface area contributed by atoms with Crippen LogP contribution >= 0.6 is 0 Å². The van der Waals surface area contributed by atoms with E-state index >= 15 is 0 Å². The predicted octanol–water partition coefficient (Wildman–Crippen LogP) is -6.37. The van der Waals surface area contributed by atoms with E-state index in [4.69, 9.17) is 0 Å². The molecule has 0 fully saturated rings. The van der Waals surface area contributed by atoms with Crippen LogP contribution in [0.25, 0.3) is 0 Å². The molecule has 0 aromatic rings. The SMILES string of the molecule is [Cl-].[Cl-].[Mg+2].[Nd+3]. The summed E-state index contributed by atoms with van der Waals surface area (Å²) in [6.07, 6.45) is 0. The fraction of sp³-hybridized carbons (Fsp3) is 0. The molecule has 4 heteroatoms. The molecular weight excluding hydrogens is 239 g/mol. The Balaban J connectivity index is 0. The van der Waals surface area contributed by atoms with Gasteiger partial charge in [-0.15, -0.1) is 0 Å². The van der Waals surface area contributed by atoms with Gasteiger partial charge in [-0.1, -0.05) is 0 Å². The molecule has 0 spiro atoms. The summed E-state index contributed by atoms with van der Waals surface area (Å²) in [7, 11) is 0. The van der Waals surface area contributed by atoms with Gasteiger partial charge in [0.1, 0.15) is 0 Å².